The van der Waals surface area contributed by atoms with Crippen molar-refractivity contribution in [1.82, 2.24) is 5.32 Å². The summed E-state index contributed by atoms with van der Waals surface area (Å²) in [6, 6.07) is 7.19. The lowest BCUT2D eigenvalue weighted by molar-refractivity contribution is -0.125. The zero-order chi connectivity index (χ0) is 15.0. The first-order chi connectivity index (χ1) is 9.52. The summed E-state index contributed by atoms with van der Waals surface area (Å²) in [5.74, 6) is -0.321. The lowest BCUT2D eigenvalue weighted by Gasteiger charge is -2.05. The van der Waals surface area contributed by atoms with Crippen LogP contribution < -0.4 is 10.6 Å². The number of carbonyl (C=O) groups excluding carboxylic acids is 2. The lowest BCUT2D eigenvalue weighted by Crippen LogP contribution is -2.26. The van der Waals surface area contributed by atoms with Gasteiger partial charge in [0.05, 0.1) is 5.71 Å². The van der Waals surface area contributed by atoms with E-state index in [0.29, 0.717) is 12.3 Å². The van der Waals surface area contributed by atoms with Gasteiger partial charge in [0.1, 0.15) is 0 Å². The van der Waals surface area contributed by atoms with Crippen molar-refractivity contribution in [3.63, 3.8) is 0 Å². The molecule has 108 valence electrons. The third kappa shape index (κ3) is 5.51. The molecule has 0 aromatic heterocycles. The minimum Gasteiger partial charge on any atom is -0.385 e. The van der Waals surface area contributed by atoms with Crippen molar-refractivity contribution in [2.75, 3.05) is 18.5 Å². The average Bonchev–Trinajstić information content (AvgIpc) is 2.39. The molecule has 0 saturated heterocycles. The van der Waals surface area contributed by atoms with E-state index in [0.717, 1.165) is 11.3 Å². The number of amides is 2. The Kier molecular flexibility index (Phi) is 6.22. The molecule has 2 amide bonds. The number of hydrogen-bond donors (Lipinski definition) is 2. The second-order valence-electron chi connectivity index (χ2n) is 4.16. The molecule has 1 rings (SSSR count). The van der Waals surface area contributed by atoms with Crippen LogP contribution in [0.3, 0.4) is 0 Å². The molecule has 20 heavy (non-hydrogen) atoms. The van der Waals surface area contributed by atoms with Crippen molar-refractivity contribution in [3.05, 3.63) is 29.8 Å². The van der Waals surface area contributed by atoms with E-state index in [1.165, 1.54) is 6.92 Å². The minimum atomic E-state index is -0.204. The summed E-state index contributed by atoms with van der Waals surface area (Å²) in [5.41, 5.74) is 2.23. The third-order valence-corrected chi connectivity index (χ3v) is 2.39. The quantitative estimate of drug-likeness (QED) is 0.611. The Morgan fingerprint density at radius 3 is 2.40 bits per heavy atom. The number of rotatable bonds is 6. The molecule has 1 aromatic carbocycles. The van der Waals surface area contributed by atoms with E-state index >= 15 is 0 Å². The number of oxime groups is 1. The van der Waals surface area contributed by atoms with Gasteiger partial charge in [0.2, 0.25) is 5.91 Å². The summed E-state index contributed by atoms with van der Waals surface area (Å²) in [6.07, 6.45) is 0. The number of likely N-dealkylation sites (N-methyl/N-ethyl adjacent to an activating group) is 1. The maximum Gasteiger partial charge on any atom is 0.260 e. The fraction of sp³-hybridized carbons (Fsp3) is 0.357. The van der Waals surface area contributed by atoms with Gasteiger partial charge in [0.15, 0.2) is 6.61 Å². The predicted octanol–water partition coefficient (Wildman–Crippen LogP) is 1.52. The van der Waals surface area contributed by atoms with Crippen LogP contribution in [0, 0.1) is 0 Å². The molecule has 0 unspecified atom stereocenters. The molecule has 6 heteroatoms. The maximum absolute atomic E-state index is 11.2. The highest BCUT2D eigenvalue weighted by Crippen LogP contribution is 2.10. The molecule has 0 saturated carbocycles. The molecule has 0 fully saturated rings. The van der Waals surface area contributed by atoms with Gasteiger partial charge in [-0.1, -0.05) is 17.3 Å². The number of nitrogens with one attached hydrogen (secondary N) is 2. The zero-order valence-electron chi connectivity index (χ0n) is 11.9. The fourth-order valence-corrected chi connectivity index (χ4v) is 1.49. The van der Waals surface area contributed by atoms with Crippen LogP contribution in [0.5, 0.6) is 0 Å². The first kappa shape index (κ1) is 15.7. The largest absolute Gasteiger partial charge is 0.385 e. The highest BCUT2D eigenvalue weighted by molar-refractivity contribution is 5.99. The van der Waals surface area contributed by atoms with Crippen LogP contribution in [0.4, 0.5) is 5.69 Å². The molecule has 6 nitrogen and oxygen atoms in total. The van der Waals surface area contributed by atoms with E-state index in [4.69, 9.17) is 4.84 Å². The summed E-state index contributed by atoms with van der Waals surface area (Å²) in [5, 5.41) is 9.17. The molecule has 0 heterocycles. The molecule has 0 aliphatic carbocycles. The van der Waals surface area contributed by atoms with E-state index in [1.807, 2.05) is 19.1 Å². The number of nitrogens with zero attached hydrogens (tertiary/aromatic N) is 1. The molecule has 0 aliphatic heterocycles. The summed E-state index contributed by atoms with van der Waals surface area (Å²) >= 11 is 0. The van der Waals surface area contributed by atoms with E-state index in [9.17, 15) is 9.59 Å². The Labute approximate surface area is 118 Å². The first-order valence-corrected chi connectivity index (χ1v) is 6.34. The van der Waals surface area contributed by atoms with Gasteiger partial charge in [-0.2, -0.15) is 0 Å². The summed E-state index contributed by atoms with van der Waals surface area (Å²) < 4.78 is 0. The van der Waals surface area contributed by atoms with Crippen LogP contribution >= 0.6 is 0 Å². The zero-order valence-corrected chi connectivity index (χ0v) is 11.9. The Hall–Kier alpha value is -2.37. The van der Waals surface area contributed by atoms with E-state index in [1.54, 1.807) is 19.1 Å². The smallest absolute Gasteiger partial charge is 0.260 e. The molecule has 0 bridgehead atoms. The Balaban J connectivity index is 2.56. The molecule has 0 spiro atoms. The van der Waals surface area contributed by atoms with Crippen molar-refractivity contribution >= 4 is 23.2 Å². The monoisotopic (exact) mass is 277 g/mol. The Bertz CT molecular complexity index is 495. The molecular formula is C14H19N3O3. The van der Waals surface area contributed by atoms with Gasteiger partial charge in [0.25, 0.3) is 5.91 Å². The second-order valence-corrected chi connectivity index (χ2v) is 4.16. The molecular weight excluding hydrogens is 258 g/mol. The number of benzene rings is 1. The van der Waals surface area contributed by atoms with Gasteiger partial charge in [-0.15, -0.1) is 0 Å². The molecule has 0 radical (unpaired) electrons. The highest BCUT2D eigenvalue weighted by atomic mass is 16.6. The Morgan fingerprint density at radius 2 is 1.85 bits per heavy atom. The van der Waals surface area contributed by atoms with E-state index < -0.39 is 0 Å². The molecule has 0 atom stereocenters. The van der Waals surface area contributed by atoms with Gasteiger partial charge in [0, 0.05) is 19.2 Å². The minimum absolute atomic E-state index is 0.102. The second kappa shape index (κ2) is 7.93. The van der Waals surface area contributed by atoms with Crippen LogP contribution in [-0.4, -0.2) is 30.7 Å². The van der Waals surface area contributed by atoms with Crippen molar-refractivity contribution in [2.45, 2.75) is 20.8 Å². The topological polar surface area (TPSA) is 79.8 Å². The van der Waals surface area contributed by atoms with Gasteiger partial charge < -0.3 is 15.5 Å². The van der Waals surface area contributed by atoms with Gasteiger partial charge >= 0.3 is 0 Å². The first-order valence-electron chi connectivity index (χ1n) is 6.34. The highest BCUT2D eigenvalue weighted by Gasteiger charge is 2.02. The SMILES string of the molecule is CCNC(=O)CO/N=C(\C)c1ccc(NC(C)=O)cc1. The van der Waals surface area contributed by atoms with Gasteiger partial charge in [-0.05, 0) is 31.5 Å². The summed E-state index contributed by atoms with van der Waals surface area (Å²) in [7, 11) is 0. The van der Waals surface area contributed by atoms with Crippen LogP contribution in [0.25, 0.3) is 0 Å². The number of anilines is 1. The van der Waals surface area contributed by atoms with Crippen LogP contribution in [0.2, 0.25) is 0 Å². The van der Waals surface area contributed by atoms with Crippen molar-refractivity contribution < 1.29 is 14.4 Å². The summed E-state index contributed by atoms with van der Waals surface area (Å²) in [6.45, 7) is 5.54. The summed E-state index contributed by atoms with van der Waals surface area (Å²) in [4.78, 5) is 27.0. The van der Waals surface area contributed by atoms with E-state index in [-0.39, 0.29) is 18.4 Å². The third-order valence-electron chi connectivity index (χ3n) is 2.39. The molecule has 1 aromatic rings. The van der Waals surface area contributed by atoms with Crippen molar-refractivity contribution in [3.8, 4) is 0 Å². The maximum atomic E-state index is 11.2. The number of hydrogen-bond acceptors (Lipinski definition) is 4. The molecule has 2 N–H and O–H groups in total. The number of carbonyl (C=O) groups is 2. The fourth-order valence-electron chi connectivity index (χ4n) is 1.49. The molecule has 0 aliphatic rings. The lowest BCUT2D eigenvalue weighted by atomic mass is 10.1. The van der Waals surface area contributed by atoms with Crippen LogP contribution in [0.1, 0.15) is 26.3 Å². The van der Waals surface area contributed by atoms with Crippen LogP contribution in [-0.2, 0) is 14.4 Å². The average molecular weight is 277 g/mol. The van der Waals surface area contributed by atoms with Crippen LogP contribution in [0.15, 0.2) is 29.4 Å². The van der Waals surface area contributed by atoms with Gasteiger partial charge in [-0.25, -0.2) is 0 Å². The normalized spacial score (nSPS) is 10.8. The van der Waals surface area contributed by atoms with Crippen molar-refractivity contribution in [1.29, 1.82) is 0 Å². The Morgan fingerprint density at radius 1 is 1.20 bits per heavy atom. The van der Waals surface area contributed by atoms with E-state index in [2.05, 4.69) is 15.8 Å². The van der Waals surface area contributed by atoms with Gasteiger partial charge in [-0.3, -0.25) is 9.59 Å². The standard InChI is InChI=1S/C14H19N3O3/c1-4-15-14(19)9-20-17-10(2)12-5-7-13(8-6-12)16-11(3)18/h5-8H,4,9H2,1-3H3,(H,15,19)(H,16,18)/b17-10+. The van der Waals surface area contributed by atoms with Crippen molar-refractivity contribution in [2.24, 2.45) is 5.16 Å². The predicted molar refractivity (Wildman–Crippen MR) is 77.6 cm³/mol.